The van der Waals surface area contributed by atoms with Crippen molar-refractivity contribution in [1.29, 1.82) is 0 Å². The Morgan fingerprint density at radius 2 is 2.00 bits per heavy atom. The van der Waals surface area contributed by atoms with E-state index in [1.807, 2.05) is 42.7 Å². The Morgan fingerprint density at radius 3 is 2.68 bits per heavy atom. The van der Waals surface area contributed by atoms with E-state index in [0.29, 0.717) is 33.8 Å². The van der Waals surface area contributed by atoms with E-state index in [1.54, 1.807) is 13.0 Å². The lowest BCUT2D eigenvalue weighted by atomic mass is 10.1. The Kier molecular flexibility index (Phi) is 9.31. The first kappa shape index (κ1) is 26.0. The molecule has 0 fully saturated rings. The number of halogens is 1. The molecule has 0 radical (unpaired) electrons. The summed E-state index contributed by atoms with van der Waals surface area (Å²) in [5, 5.41) is 12.4. The molecule has 180 valence electrons. The Hall–Kier alpha value is -2.63. The first-order chi connectivity index (χ1) is 16.3. The van der Waals surface area contributed by atoms with Gasteiger partial charge in [-0.15, -0.1) is 28.1 Å². The van der Waals surface area contributed by atoms with Gasteiger partial charge in [0.1, 0.15) is 17.4 Å². The Morgan fingerprint density at radius 1 is 1.26 bits per heavy atom. The first-order valence-electron chi connectivity index (χ1n) is 10.4. The summed E-state index contributed by atoms with van der Waals surface area (Å²) in [5.74, 6) is 0.746. The summed E-state index contributed by atoms with van der Waals surface area (Å²) in [7, 11) is 0. The van der Waals surface area contributed by atoms with Gasteiger partial charge in [0, 0.05) is 15.9 Å². The SMILES string of the molecule is C=CCn1c(COc2ccc(Br)cc2)nnc1SCC(=O)Nc1sc(C)c(C)c1C(=O)OCC. The molecule has 1 amide bonds. The van der Waals surface area contributed by atoms with Gasteiger partial charge in [-0.2, -0.15) is 0 Å². The molecule has 1 aromatic carbocycles. The van der Waals surface area contributed by atoms with Crippen LogP contribution >= 0.6 is 39.0 Å². The van der Waals surface area contributed by atoms with Gasteiger partial charge in [0.05, 0.1) is 17.9 Å². The predicted molar refractivity (Wildman–Crippen MR) is 138 cm³/mol. The van der Waals surface area contributed by atoms with Crippen LogP contribution in [0.5, 0.6) is 5.75 Å². The van der Waals surface area contributed by atoms with Crippen LogP contribution in [0.2, 0.25) is 0 Å². The first-order valence-corrected chi connectivity index (χ1v) is 13.0. The van der Waals surface area contributed by atoms with Crippen molar-refractivity contribution in [2.45, 2.75) is 39.1 Å². The van der Waals surface area contributed by atoms with E-state index in [4.69, 9.17) is 9.47 Å². The number of nitrogens with zero attached hydrogens (tertiary/aromatic N) is 3. The summed E-state index contributed by atoms with van der Waals surface area (Å²) in [6, 6.07) is 7.51. The number of nitrogens with one attached hydrogen (secondary N) is 1. The van der Waals surface area contributed by atoms with Crippen molar-refractivity contribution in [1.82, 2.24) is 14.8 Å². The number of rotatable bonds is 11. The van der Waals surface area contributed by atoms with Crippen molar-refractivity contribution in [2.24, 2.45) is 0 Å². The number of thiophene rings is 1. The smallest absolute Gasteiger partial charge is 0.341 e. The molecule has 0 bridgehead atoms. The molecule has 0 aliphatic carbocycles. The highest BCUT2D eigenvalue weighted by Crippen LogP contribution is 2.33. The molecular formula is C23H25BrN4O4S2. The number of aromatic nitrogens is 3. The fraction of sp³-hybridized carbons (Fsp3) is 0.304. The van der Waals surface area contributed by atoms with Crippen molar-refractivity contribution >= 4 is 55.9 Å². The number of benzene rings is 1. The monoisotopic (exact) mass is 564 g/mol. The number of esters is 1. The number of hydrogen-bond donors (Lipinski definition) is 1. The van der Waals surface area contributed by atoms with E-state index < -0.39 is 5.97 Å². The summed E-state index contributed by atoms with van der Waals surface area (Å²) >= 11 is 6.01. The van der Waals surface area contributed by atoms with E-state index in [1.165, 1.54) is 23.1 Å². The third kappa shape index (κ3) is 6.49. The fourth-order valence-corrected chi connectivity index (χ4v) is 5.08. The van der Waals surface area contributed by atoms with Crippen molar-refractivity contribution in [3.8, 4) is 5.75 Å². The molecule has 34 heavy (non-hydrogen) atoms. The average Bonchev–Trinajstić information content (AvgIpc) is 3.31. The number of aryl methyl sites for hydroxylation is 1. The van der Waals surface area contributed by atoms with Crippen LogP contribution in [0.25, 0.3) is 0 Å². The Bertz CT molecular complexity index is 1170. The van der Waals surface area contributed by atoms with Gasteiger partial charge in [0.25, 0.3) is 0 Å². The fourth-order valence-electron chi connectivity index (χ4n) is 2.98. The lowest BCUT2D eigenvalue weighted by molar-refractivity contribution is -0.113. The molecule has 0 aliphatic rings. The largest absolute Gasteiger partial charge is 0.486 e. The summed E-state index contributed by atoms with van der Waals surface area (Å²) < 4.78 is 13.8. The van der Waals surface area contributed by atoms with Crippen LogP contribution in [-0.4, -0.2) is 39.0 Å². The van der Waals surface area contributed by atoms with Crippen LogP contribution in [0, 0.1) is 13.8 Å². The second-order valence-electron chi connectivity index (χ2n) is 7.09. The number of amides is 1. The van der Waals surface area contributed by atoms with E-state index >= 15 is 0 Å². The molecule has 1 N–H and O–H groups in total. The predicted octanol–water partition coefficient (Wildman–Crippen LogP) is 5.39. The highest BCUT2D eigenvalue weighted by molar-refractivity contribution is 9.10. The number of ether oxygens (including phenoxy) is 2. The average molecular weight is 566 g/mol. The standard InChI is InChI=1S/C23H25BrN4O4S2/c1-5-11-28-18(12-32-17-9-7-16(24)8-10-17)26-27-23(28)33-13-19(29)25-21-20(22(30)31-6-2)14(3)15(4)34-21/h5,7-10H,1,6,11-13H2,2-4H3,(H,25,29). The van der Waals surface area contributed by atoms with Gasteiger partial charge in [-0.1, -0.05) is 33.8 Å². The molecule has 0 aliphatic heterocycles. The van der Waals surface area contributed by atoms with E-state index in [0.717, 1.165) is 14.9 Å². The molecule has 0 unspecified atom stereocenters. The minimum absolute atomic E-state index is 0.0983. The zero-order chi connectivity index (χ0) is 24.7. The highest BCUT2D eigenvalue weighted by atomic mass is 79.9. The molecule has 8 nitrogen and oxygen atoms in total. The molecule has 0 spiro atoms. The van der Waals surface area contributed by atoms with Gasteiger partial charge in [0.2, 0.25) is 5.91 Å². The van der Waals surface area contributed by atoms with Crippen LogP contribution in [0.3, 0.4) is 0 Å². The maximum Gasteiger partial charge on any atom is 0.341 e. The minimum atomic E-state index is -0.437. The summed E-state index contributed by atoms with van der Waals surface area (Å²) in [4.78, 5) is 26.0. The summed E-state index contributed by atoms with van der Waals surface area (Å²) in [6.45, 7) is 10.3. The summed E-state index contributed by atoms with van der Waals surface area (Å²) in [6.07, 6.45) is 1.74. The molecular weight excluding hydrogens is 540 g/mol. The van der Waals surface area contributed by atoms with Crippen molar-refractivity contribution in [3.05, 3.63) is 63.2 Å². The van der Waals surface area contributed by atoms with Gasteiger partial charge >= 0.3 is 5.97 Å². The van der Waals surface area contributed by atoms with Gasteiger partial charge < -0.3 is 14.8 Å². The second-order valence-corrected chi connectivity index (χ2v) is 10.2. The lowest BCUT2D eigenvalue weighted by Gasteiger charge is -2.10. The van der Waals surface area contributed by atoms with E-state index in [2.05, 4.69) is 38.0 Å². The maximum atomic E-state index is 12.7. The zero-order valence-electron chi connectivity index (χ0n) is 19.1. The number of carbonyl (C=O) groups excluding carboxylic acids is 2. The van der Waals surface area contributed by atoms with E-state index in [9.17, 15) is 9.59 Å². The van der Waals surface area contributed by atoms with Gasteiger partial charge in [-0.3, -0.25) is 9.36 Å². The van der Waals surface area contributed by atoms with Crippen LogP contribution in [0.4, 0.5) is 5.00 Å². The van der Waals surface area contributed by atoms with Crippen LogP contribution in [0.15, 0.2) is 46.5 Å². The zero-order valence-corrected chi connectivity index (χ0v) is 22.3. The molecule has 0 saturated carbocycles. The van der Waals surface area contributed by atoms with Crippen LogP contribution < -0.4 is 10.1 Å². The number of allylic oxidation sites excluding steroid dienone is 1. The molecule has 0 atom stereocenters. The van der Waals surface area contributed by atoms with Crippen molar-refractivity contribution in [2.75, 3.05) is 17.7 Å². The third-order valence-corrected chi connectivity index (χ3v) is 7.35. The third-order valence-electron chi connectivity index (χ3n) is 4.74. The van der Waals surface area contributed by atoms with Crippen molar-refractivity contribution < 1.29 is 19.1 Å². The quantitative estimate of drug-likeness (QED) is 0.189. The second kappa shape index (κ2) is 12.2. The van der Waals surface area contributed by atoms with E-state index in [-0.39, 0.29) is 24.9 Å². The van der Waals surface area contributed by atoms with Gasteiger partial charge in [0.15, 0.2) is 11.0 Å². The number of carbonyl (C=O) groups is 2. The Labute approximate surface area is 214 Å². The van der Waals surface area contributed by atoms with Gasteiger partial charge in [-0.25, -0.2) is 4.79 Å². The molecule has 2 aromatic heterocycles. The number of hydrogen-bond acceptors (Lipinski definition) is 8. The van der Waals surface area contributed by atoms with Crippen LogP contribution in [0.1, 0.15) is 33.5 Å². The molecule has 3 rings (SSSR count). The molecule has 3 aromatic rings. The minimum Gasteiger partial charge on any atom is -0.486 e. The highest BCUT2D eigenvalue weighted by Gasteiger charge is 2.22. The lowest BCUT2D eigenvalue weighted by Crippen LogP contribution is -2.17. The maximum absolute atomic E-state index is 12.7. The van der Waals surface area contributed by atoms with Crippen LogP contribution in [-0.2, 0) is 22.7 Å². The summed E-state index contributed by atoms with van der Waals surface area (Å²) in [5.41, 5.74) is 1.22. The number of thioether (sulfide) groups is 1. The molecule has 11 heteroatoms. The van der Waals surface area contributed by atoms with Gasteiger partial charge in [-0.05, 0) is 50.6 Å². The molecule has 2 heterocycles. The normalized spacial score (nSPS) is 10.7. The van der Waals surface area contributed by atoms with Crippen molar-refractivity contribution in [3.63, 3.8) is 0 Å². The number of anilines is 1. The Balaban J connectivity index is 1.65. The topological polar surface area (TPSA) is 95.3 Å². The molecule has 0 saturated heterocycles.